The molecule has 0 fully saturated rings. The number of aromatic nitrogens is 2. The normalized spacial score (nSPS) is 11.0. The van der Waals surface area contributed by atoms with Gasteiger partial charge in [-0.15, -0.1) is 0 Å². The van der Waals surface area contributed by atoms with Crippen LogP contribution in [0.4, 0.5) is 13.2 Å². The third kappa shape index (κ3) is 2.29. The number of nitrogens with one attached hydrogen (secondary N) is 1. The van der Waals surface area contributed by atoms with Gasteiger partial charge >= 0.3 is 0 Å². The average Bonchev–Trinajstić information content (AvgIpc) is 2.89. The molecule has 0 aliphatic heterocycles. The van der Waals surface area contributed by atoms with Gasteiger partial charge in [0, 0.05) is 24.4 Å². The van der Waals surface area contributed by atoms with Crippen LogP contribution in [-0.2, 0) is 6.42 Å². The number of halogens is 3. The van der Waals surface area contributed by atoms with E-state index < -0.39 is 23.2 Å². The van der Waals surface area contributed by atoms with Crippen molar-refractivity contribution in [2.24, 2.45) is 0 Å². The minimum Gasteiger partial charge on any atom is -0.345 e. The van der Waals surface area contributed by atoms with E-state index in [0.717, 1.165) is 12.1 Å². The Balaban J connectivity index is 2.00. The van der Waals surface area contributed by atoms with Crippen molar-refractivity contribution >= 4 is 16.8 Å². The number of hydrogen-bond donors (Lipinski definition) is 1. The first-order valence-electron chi connectivity index (χ1n) is 6.15. The van der Waals surface area contributed by atoms with Crippen LogP contribution in [0.2, 0.25) is 0 Å². The molecule has 2 aromatic heterocycles. The van der Waals surface area contributed by atoms with Gasteiger partial charge in [0.15, 0.2) is 17.4 Å². The Morgan fingerprint density at radius 3 is 2.76 bits per heavy atom. The third-order valence-corrected chi connectivity index (χ3v) is 3.21. The lowest BCUT2D eigenvalue weighted by Crippen LogP contribution is -2.06. The van der Waals surface area contributed by atoms with Gasteiger partial charge < -0.3 is 4.98 Å². The monoisotopic (exact) mass is 290 g/mol. The maximum absolute atomic E-state index is 13.8. The highest BCUT2D eigenvalue weighted by Crippen LogP contribution is 2.22. The second-order valence-electron chi connectivity index (χ2n) is 4.53. The van der Waals surface area contributed by atoms with Gasteiger partial charge in [0.1, 0.15) is 11.5 Å². The van der Waals surface area contributed by atoms with E-state index in [2.05, 4.69) is 9.97 Å². The fourth-order valence-electron chi connectivity index (χ4n) is 2.19. The van der Waals surface area contributed by atoms with E-state index in [4.69, 9.17) is 0 Å². The molecule has 1 aromatic carbocycles. The number of carbonyl (C=O) groups excluding carboxylic acids is 1. The number of H-pyrrole nitrogens is 1. The minimum atomic E-state index is -1.07. The summed E-state index contributed by atoms with van der Waals surface area (Å²) < 4.78 is 40.5. The zero-order valence-corrected chi connectivity index (χ0v) is 10.7. The second kappa shape index (κ2) is 5.05. The van der Waals surface area contributed by atoms with E-state index in [1.807, 2.05) is 0 Å². The van der Waals surface area contributed by atoms with Crippen molar-refractivity contribution in [3.05, 3.63) is 65.2 Å². The van der Waals surface area contributed by atoms with Crippen LogP contribution in [0.1, 0.15) is 15.9 Å². The van der Waals surface area contributed by atoms with Crippen LogP contribution in [0.5, 0.6) is 0 Å². The number of carbonyl (C=O) groups is 1. The molecular weight excluding hydrogens is 281 g/mol. The molecule has 0 bridgehead atoms. The first-order chi connectivity index (χ1) is 10.1. The highest BCUT2D eigenvalue weighted by Gasteiger charge is 2.18. The minimum absolute atomic E-state index is 0.0549. The van der Waals surface area contributed by atoms with Crippen LogP contribution < -0.4 is 0 Å². The molecule has 6 heteroatoms. The number of ketones is 1. The van der Waals surface area contributed by atoms with Gasteiger partial charge in [-0.05, 0) is 17.7 Å². The summed E-state index contributed by atoms with van der Waals surface area (Å²) in [6.45, 7) is 0. The summed E-state index contributed by atoms with van der Waals surface area (Å²) in [6.07, 6.45) is 2.24. The molecule has 3 aromatic rings. The Hall–Kier alpha value is -2.63. The first-order valence-corrected chi connectivity index (χ1v) is 6.15. The van der Waals surface area contributed by atoms with Crippen molar-refractivity contribution < 1.29 is 18.0 Å². The fraction of sp³-hybridized carbons (Fsp3) is 0.0667. The molecule has 0 amide bonds. The molecule has 0 atom stereocenters. The largest absolute Gasteiger partial charge is 0.345 e. The van der Waals surface area contributed by atoms with Crippen molar-refractivity contribution in [2.45, 2.75) is 6.42 Å². The van der Waals surface area contributed by atoms with Crippen LogP contribution in [0, 0.1) is 17.5 Å². The van der Waals surface area contributed by atoms with E-state index in [-0.39, 0.29) is 28.6 Å². The van der Waals surface area contributed by atoms with Gasteiger partial charge in [-0.1, -0.05) is 12.1 Å². The van der Waals surface area contributed by atoms with Crippen molar-refractivity contribution in [3.63, 3.8) is 0 Å². The lowest BCUT2D eigenvalue weighted by molar-refractivity contribution is 0.0993. The maximum Gasteiger partial charge on any atom is 0.169 e. The Bertz CT molecular complexity index is 842. The van der Waals surface area contributed by atoms with Crippen molar-refractivity contribution in [2.75, 3.05) is 0 Å². The summed E-state index contributed by atoms with van der Waals surface area (Å²) in [6, 6.07) is 4.74. The molecular formula is C15H9F3N2O. The van der Waals surface area contributed by atoms with Crippen molar-refractivity contribution in [3.8, 4) is 0 Å². The number of rotatable bonds is 3. The van der Waals surface area contributed by atoms with Crippen LogP contribution >= 0.6 is 0 Å². The molecule has 21 heavy (non-hydrogen) atoms. The zero-order chi connectivity index (χ0) is 15.0. The summed E-state index contributed by atoms with van der Waals surface area (Å²) in [5.74, 6) is -3.20. The Morgan fingerprint density at radius 2 is 1.95 bits per heavy atom. The molecule has 3 nitrogen and oxygen atoms in total. The quantitative estimate of drug-likeness (QED) is 0.751. The predicted molar refractivity (Wildman–Crippen MR) is 70.4 cm³/mol. The summed E-state index contributed by atoms with van der Waals surface area (Å²) in [4.78, 5) is 18.8. The fourth-order valence-corrected chi connectivity index (χ4v) is 2.19. The van der Waals surface area contributed by atoms with Crippen LogP contribution in [-0.4, -0.2) is 15.8 Å². The average molecular weight is 290 g/mol. The van der Waals surface area contributed by atoms with Gasteiger partial charge in [0.2, 0.25) is 0 Å². The lowest BCUT2D eigenvalue weighted by Gasteiger charge is -2.03. The molecule has 2 heterocycles. The molecule has 0 spiro atoms. The SMILES string of the molecule is O=C(Cc1cccc(F)c1F)c1c[nH]c2nccc(F)c12. The molecule has 1 N–H and O–H groups in total. The van der Waals surface area contributed by atoms with Crippen molar-refractivity contribution in [1.82, 2.24) is 9.97 Å². The first kappa shape index (κ1) is 13.4. The summed E-state index contributed by atoms with van der Waals surface area (Å²) >= 11 is 0. The van der Waals surface area contributed by atoms with Crippen LogP contribution in [0.3, 0.4) is 0 Å². The number of aromatic amines is 1. The maximum atomic E-state index is 13.8. The predicted octanol–water partition coefficient (Wildman–Crippen LogP) is 3.41. The van der Waals surface area contributed by atoms with E-state index in [0.29, 0.717) is 0 Å². The number of fused-ring (bicyclic) bond motifs is 1. The molecule has 3 rings (SSSR count). The van der Waals surface area contributed by atoms with Gasteiger partial charge in [-0.2, -0.15) is 0 Å². The van der Waals surface area contributed by atoms with E-state index in [1.165, 1.54) is 24.5 Å². The number of pyridine rings is 1. The second-order valence-corrected chi connectivity index (χ2v) is 4.53. The van der Waals surface area contributed by atoms with Gasteiger partial charge in [-0.25, -0.2) is 18.2 Å². The molecule has 0 aliphatic rings. The Morgan fingerprint density at radius 1 is 1.14 bits per heavy atom. The summed E-state index contributed by atoms with van der Waals surface area (Å²) in [7, 11) is 0. The van der Waals surface area contributed by atoms with Crippen molar-refractivity contribution in [1.29, 1.82) is 0 Å². The molecule has 0 saturated carbocycles. The highest BCUT2D eigenvalue weighted by molar-refractivity contribution is 6.08. The molecule has 0 unspecified atom stereocenters. The standard InChI is InChI=1S/C15H9F3N2O/c16-10-4-5-19-15-13(10)9(7-20-15)12(21)6-8-2-1-3-11(17)14(8)18/h1-5,7H,6H2,(H,19,20). The lowest BCUT2D eigenvalue weighted by atomic mass is 10.0. The van der Waals surface area contributed by atoms with Gasteiger partial charge in [0.05, 0.1) is 5.39 Å². The topological polar surface area (TPSA) is 45.8 Å². The number of Topliss-reactive ketones (excluding diaryl/α,β-unsaturated/α-hetero) is 1. The molecule has 106 valence electrons. The van der Waals surface area contributed by atoms with E-state index >= 15 is 0 Å². The number of benzene rings is 1. The summed E-state index contributed by atoms with van der Waals surface area (Å²) in [5, 5.41) is 0.0549. The molecule has 0 radical (unpaired) electrons. The molecule has 0 aliphatic carbocycles. The Labute approximate surface area is 117 Å². The van der Waals surface area contributed by atoms with Crippen LogP contribution in [0.15, 0.2) is 36.7 Å². The zero-order valence-electron chi connectivity index (χ0n) is 10.7. The highest BCUT2D eigenvalue weighted by atomic mass is 19.2. The smallest absolute Gasteiger partial charge is 0.169 e. The number of nitrogens with zero attached hydrogens (tertiary/aromatic N) is 1. The molecule has 0 saturated heterocycles. The van der Waals surface area contributed by atoms with Gasteiger partial charge in [-0.3, -0.25) is 4.79 Å². The van der Waals surface area contributed by atoms with E-state index in [1.54, 1.807) is 0 Å². The number of hydrogen-bond acceptors (Lipinski definition) is 2. The van der Waals surface area contributed by atoms with Crippen LogP contribution in [0.25, 0.3) is 11.0 Å². The Kier molecular flexibility index (Phi) is 3.21. The van der Waals surface area contributed by atoms with E-state index in [9.17, 15) is 18.0 Å². The van der Waals surface area contributed by atoms with Gasteiger partial charge in [0.25, 0.3) is 0 Å². The third-order valence-electron chi connectivity index (χ3n) is 3.21. The summed E-state index contributed by atoms with van der Waals surface area (Å²) in [5.41, 5.74) is 0.232.